The topological polar surface area (TPSA) is 87.2 Å². The van der Waals surface area contributed by atoms with Crippen molar-refractivity contribution in [2.45, 2.75) is 30.1 Å². The fourth-order valence-corrected chi connectivity index (χ4v) is 6.78. The van der Waals surface area contributed by atoms with Gasteiger partial charge in [-0.15, -0.1) is 0 Å². The number of hydrogen-bond acceptors (Lipinski definition) is 6. The van der Waals surface area contributed by atoms with Gasteiger partial charge in [0.2, 0.25) is 5.95 Å². The third-order valence-corrected chi connectivity index (χ3v) is 9.43. The molecule has 44 heavy (non-hydrogen) atoms. The van der Waals surface area contributed by atoms with Gasteiger partial charge in [-0.25, -0.2) is 18.4 Å². The zero-order valence-electron chi connectivity index (χ0n) is 25.1. The summed E-state index contributed by atoms with van der Waals surface area (Å²) in [4.78, 5) is 12.0. The van der Waals surface area contributed by atoms with Gasteiger partial charge >= 0.3 is 0 Å². The van der Waals surface area contributed by atoms with E-state index in [9.17, 15) is 8.42 Å². The van der Waals surface area contributed by atoms with E-state index in [-0.39, 0.29) is 10.8 Å². The molecule has 5 aromatic rings. The van der Waals surface area contributed by atoms with Crippen LogP contribution in [-0.4, -0.2) is 50.5 Å². The lowest BCUT2D eigenvalue weighted by atomic mass is 9.78. The van der Waals surface area contributed by atoms with Crippen LogP contribution in [0.15, 0.2) is 114 Å². The maximum atomic E-state index is 13.2. The summed E-state index contributed by atoms with van der Waals surface area (Å²) in [5.74, 6) is 0.775. The molecule has 6 rings (SSSR count). The number of hydrogen-bond donors (Lipinski definition) is 2. The number of nitrogens with one attached hydrogen (secondary N) is 2. The molecule has 0 fully saturated rings. The largest absolute Gasteiger partial charge is 0.354 e. The van der Waals surface area contributed by atoms with Crippen molar-refractivity contribution in [1.29, 1.82) is 0 Å². The number of rotatable bonds is 11. The Labute approximate surface area is 260 Å². The van der Waals surface area contributed by atoms with Gasteiger partial charge in [0.25, 0.3) is 10.0 Å². The number of unbranched alkanes of at least 4 members (excludes halogenated alkanes) is 1. The van der Waals surface area contributed by atoms with E-state index in [1.165, 1.54) is 5.56 Å². The summed E-state index contributed by atoms with van der Waals surface area (Å²) in [7, 11) is 0.450. The van der Waals surface area contributed by atoms with Gasteiger partial charge in [-0.3, -0.25) is 4.72 Å². The second-order valence-electron chi connectivity index (χ2n) is 11.5. The summed E-state index contributed by atoms with van der Waals surface area (Å²) in [6, 6.07) is 32.9. The van der Waals surface area contributed by atoms with Crippen molar-refractivity contribution < 1.29 is 8.42 Å². The van der Waals surface area contributed by atoms with Crippen LogP contribution in [0.25, 0.3) is 22.4 Å². The van der Waals surface area contributed by atoms with Crippen LogP contribution in [0.2, 0.25) is 0 Å². The van der Waals surface area contributed by atoms with Crippen molar-refractivity contribution in [3.63, 3.8) is 0 Å². The minimum Gasteiger partial charge on any atom is -0.354 e. The van der Waals surface area contributed by atoms with E-state index in [0.29, 0.717) is 11.6 Å². The maximum Gasteiger partial charge on any atom is 0.261 e. The monoisotopic (exact) mass is 603 g/mol. The lowest BCUT2D eigenvalue weighted by Crippen LogP contribution is -2.17. The minimum absolute atomic E-state index is 0.114. The third kappa shape index (κ3) is 6.67. The van der Waals surface area contributed by atoms with Crippen LogP contribution in [-0.2, 0) is 16.4 Å². The highest BCUT2D eigenvalue weighted by Crippen LogP contribution is 2.42. The molecular weight excluding hydrogens is 566 g/mol. The summed E-state index contributed by atoms with van der Waals surface area (Å²) in [6.07, 6.45) is 4.90. The second-order valence-corrected chi connectivity index (χ2v) is 13.1. The second kappa shape index (κ2) is 13.0. The Morgan fingerprint density at radius 1 is 0.818 bits per heavy atom. The number of fused-ring (bicyclic) bond motifs is 3. The van der Waals surface area contributed by atoms with Gasteiger partial charge in [0.15, 0.2) is 0 Å². The van der Waals surface area contributed by atoms with Gasteiger partial charge in [-0.05, 0) is 92.0 Å². The standard InChI is InChI=1S/C36H37N5O2S/c1-41(2)23-9-8-22-37-36-38-25-29-24-34(32-12-6-7-13-33(32)35(29)39-36)28-14-18-30(19-15-28)40-44(42,43)31-20-16-27(17-21-31)26-10-4-3-5-11-26/h3-7,10-21,25,34,40H,8-9,22-24H2,1-2H3,(H,37,38,39). The van der Waals surface area contributed by atoms with Crippen LogP contribution in [0.3, 0.4) is 0 Å². The molecule has 1 aliphatic carbocycles. The van der Waals surface area contributed by atoms with E-state index in [1.807, 2.05) is 79.0 Å². The smallest absolute Gasteiger partial charge is 0.261 e. The molecule has 224 valence electrons. The summed E-state index contributed by atoms with van der Waals surface area (Å²) >= 11 is 0. The van der Waals surface area contributed by atoms with E-state index < -0.39 is 10.0 Å². The Balaban J connectivity index is 1.16. The third-order valence-electron chi connectivity index (χ3n) is 8.03. The molecule has 0 saturated carbocycles. The summed E-state index contributed by atoms with van der Waals surface area (Å²) < 4.78 is 29.1. The number of anilines is 2. The lowest BCUT2D eigenvalue weighted by molar-refractivity contribution is 0.396. The molecule has 1 aromatic heterocycles. The minimum atomic E-state index is -3.73. The first-order valence-electron chi connectivity index (χ1n) is 15.0. The molecular formula is C36H37N5O2S. The van der Waals surface area contributed by atoms with Gasteiger partial charge in [-0.2, -0.15) is 0 Å². The van der Waals surface area contributed by atoms with Crippen molar-refractivity contribution in [2.24, 2.45) is 0 Å². The predicted molar refractivity (Wildman–Crippen MR) is 178 cm³/mol. The van der Waals surface area contributed by atoms with Crippen molar-refractivity contribution in [3.05, 3.63) is 126 Å². The number of aromatic nitrogens is 2. The Morgan fingerprint density at radius 2 is 1.52 bits per heavy atom. The Kier molecular flexibility index (Phi) is 8.72. The number of sulfonamides is 1. The summed E-state index contributed by atoms with van der Waals surface area (Å²) in [5, 5.41) is 3.39. The molecule has 0 bridgehead atoms. The molecule has 4 aromatic carbocycles. The van der Waals surface area contributed by atoms with Crippen LogP contribution in [0, 0.1) is 0 Å². The van der Waals surface area contributed by atoms with Gasteiger partial charge in [0.1, 0.15) is 0 Å². The number of benzene rings is 4. The van der Waals surface area contributed by atoms with Gasteiger partial charge in [0, 0.05) is 29.9 Å². The molecule has 0 amide bonds. The molecule has 2 N–H and O–H groups in total. The molecule has 0 aliphatic heterocycles. The van der Waals surface area contributed by atoms with E-state index in [4.69, 9.17) is 4.98 Å². The van der Waals surface area contributed by atoms with Gasteiger partial charge in [0.05, 0.1) is 10.6 Å². The zero-order chi connectivity index (χ0) is 30.5. The van der Waals surface area contributed by atoms with Crippen LogP contribution >= 0.6 is 0 Å². The van der Waals surface area contributed by atoms with Crippen molar-refractivity contribution in [2.75, 3.05) is 37.2 Å². The van der Waals surface area contributed by atoms with Crippen molar-refractivity contribution >= 4 is 21.7 Å². The van der Waals surface area contributed by atoms with E-state index >= 15 is 0 Å². The average Bonchev–Trinajstić information content (AvgIpc) is 3.05. The summed E-state index contributed by atoms with van der Waals surface area (Å²) in [5.41, 5.74) is 8.05. The quantitative estimate of drug-likeness (QED) is 0.157. The normalized spacial score (nSPS) is 14.1. The molecule has 1 aliphatic rings. The fourth-order valence-electron chi connectivity index (χ4n) is 5.73. The Morgan fingerprint density at radius 3 is 2.27 bits per heavy atom. The lowest BCUT2D eigenvalue weighted by Gasteiger charge is -2.27. The van der Waals surface area contributed by atoms with E-state index in [1.54, 1.807) is 12.1 Å². The van der Waals surface area contributed by atoms with Crippen molar-refractivity contribution in [3.8, 4) is 22.4 Å². The number of nitrogens with zero attached hydrogens (tertiary/aromatic N) is 3. The Bertz CT molecular complexity index is 1820. The first-order valence-corrected chi connectivity index (χ1v) is 16.5. The molecule has 7 nitrogen and oxygen atoms in total. The average molecular weight is 604 g/mol. The SMILES string of the molecule is CN(C)CCCCNc1ncc2c(n1)-c1ccccc1C(c1ccc(NS(=O)(=O)c3ccc(-c4ccccc4)cc3)cc1)C2. The fraction of sp³-hybridized carbons (Fsp3) is 0.222. The molecule has 0 spiro atoms. The molecule has 1 heterocycles. The van der Waals surface area contributed by atoms with Gasteiger partial charge in [-0.1, -0.05) is 78.9 Å². The van der Waals surface area contributed by atoms with Crippen molar-refractivity contribution in [1.82, 2.24) is 14.9 Å². The van der Waals surface area contributed by atoms with E-state index in [2.05, 4.69) is 52.2 Å². The Hall–Kier alpha value is -4.53. The molecule has 1 atom stereocenters. The van der Waals surface area contributed by atoms with Crippen LogP contribution in [0.1, 0.15) is 35.4 Å². The first-order chi connectivity index (χ1) is 21.4. The van der Waals surface area contributed by atoms with E-state index in [0.717, 1.165) is 65.9 Å². The highest BCUT2D eigenvalue weighted by Gasteiger charge is 2.27. The van der Waals surface area contributed by atoms with Gasteiger partial charge < -0.3 is 10.2 Å². The highest BCUT2D eigenvalue weighted by molar-refractivity contribution is 7.92. The molecule has 1 unspecified atom stereocenters. The highest BCUT2D eigenvalue weighted by atomic mass is 32.2. The molecule has 0 saturated heterocycles. The van der Waals surface area contributed by atoms with Crippen LogP contribution in [0.5, 0.6) is 0 Å². The maximum absolute atomic E-state index is 13.2. The first kappa shape index (κ1) is 29.5. The summed E-state index contributed by atoms with van der Waals surface area (Å²) in [6.45, 7) is 1.91. The molecule has 0 radical (unpaired) electrons. The zero-order valence-corrected chi connectivity index (χ0v) is 25.9. The molecule has 8 heteroatoms. The predicted octanol–water partition coefficient (Wildman–Crippen LogP) is 7.05. The van der Waals surface area contributed by atoms with Crippen LogP contribution in [0.4, 0.5) is 11.6 Å². The van der Waals surface area contributed by atoms with Crippen LogP contribution < -0.4 is 10.0 Å².